The van der Waals surface area contributed by atoms with Gasteiger partial charge in [0.05, 0.1) is 5.70 Å². The number of carbonyl (C=O) groups excluding carboxylic acids is 2. The summed E-state index contributed by atoms with van der Waals surface area (Å²) in [7, 11) is 0. The van der Waals surface area contributed by atoms with Crippen LogP contribution in [0.5, 0.6) is 0 Å². The van der Waals surface area contributed by atoms with Crippen molar-refractivity contribution in [3.05, 3.63) is 24.1 Å². The molecule has 5 heteroatoms. The molecule has 90 valence electrons. The van der Waals surface area contributed by atoms with Gasteiger partial charge in [-0.05, 0) is 13.0 Å². The molecule has 1 saturated heterocycles. The van der Waals surface area contributed by atoms with Crippen molar-refractivity contribution >= 4 is 11.9 Å². The van der Waals surface area contributed by atoms with E-state index in [0.717, 1.165) is 0 Å². The monoisotopic (exact) mass is 226 g/mol. The minimum absolute atomic E-state index is 0.00417. The maximum absolute atomic E-state index is 11.3. The second kappa shape index (κ2) is 6.66. The zero-order chi connectivity index (χ0) is 12.7. The minimum atomic E-state index is -0.524. The molecule has 0 radical (unpaired) electrons. The van der Waals surface area contributed by atoms with Crippen LogP contribution < -0.4 is 5.32 Å². The lowest BCUT2D eigenvalue weighted by atomic mass is 10.2. The van der Waals surface area contributed by atoms with Gasteiger partial charge in [-0.2, -0.15) is 0 Å². The third-order valence-corrected chi connectivity index (χ3v) is 1.91. The van der Waals surface area contributed by atoms with Crippen LogP contribution in [0.3, 0.4) is 0 Å². The Morgan fingerprint density at radius 2 is 2.06 bits per heavy atom. The predicted octanol–water partition coefficient (Wildman–Crippen LogP) is 1.93. The van der Waals surface area contributed by atoms with E-state index in [1.165, 1.54) is 17.9 Å². The number of nitrogens with one attached hydrogen (secondary N) is 1. The van der Waals surface area contributed by atoms with Gasteiger partial charge in [0, 0.05) is 13.0 Å². The molecule has 0 saturated carbocycles. The fraction of sp³-hybridized carbons (Fsp3) is 0.455. The molecule has 1 aliphatic rings. The van der Waals surface area contributed by atoms with Crippen LogP contribution in [0, 0.1) is 0 Å². The summed E-state index contributed by atoms with van der Waals surface area (Å²) >= 11 is 0. The van der Waals surface area contributed by atoms with E-state index in [2.05, 4.69) is 11.9 Å². The molecule has 1 fully saturated rings. The molecule has 3 amide bonds. The Morgan fingerprint density at radius 3 is 2.44 bits per heavy atom. The number of nitrogens with zero attached hydrogens (tertiary/aromatic N) is 1. The average Bonchev–Trinajstić information content (AvgIpc) is 2.24. The van der Waals surface area contributed by atoms with E-state index in [4.69, 9.17) is 0 Å². The van der Waals surface area contributed by atoms with Gasteiger partial charge in [0.1, 0.15) is 5.76 Å². The molecule has 2 N–H and O–H groups in total. The van der Waals surface area contributed by atoms with Crippen molar-refractivity contribution in [2.24, 2.45) is 0 Å². The van der Waals surface area contributed by atoms with Crippen LogP contribution in [0.25, 0.3) is 0 Å². The van der Waals surface area contributed by atoms with Crippen molar-refractivity contribution in [1.29, 1.82) is 0 Å². The number of hydrogen-bond acceptors (Lipinski definition) is 3. The lowest BCUT2D eigenvalue weighted by Gasteiger charge is -2.27. The van der Waals surface area contributed by atoms with Crippen LogP contribution in [0.2, 0.25) is 0 Å². The van der Waals surface area contributed by atoms with Gasteiger partial charge in [-0.3, -0.25) is 15.0 Å². The topological polar surface area (TPSA) is 69.6 Å². The van der Waals surface area contributed by atoms with Crippen LogP contribution in [-0.4, -0.2) is 28.5 Å². The van der Waals surface area contributed by atoms with Gasteiger partial charge < -0.3 is 5.11 Å². The molecule has 0 spiro atoms. The maximum Gasteiger partial charge on any atom is 0.328 e. The van der Waals surface area contributed by atoms with Crippen LogP contribution >= 0.6 is 0 Å². The van der Waals surface area contributed by atoms with Gasteiger partial charge in [-0.1, -0.05) is 20.4 Å². The van der Waals surface area contributed by atoms with Gasteiger partial charge in [0.25, 0.3) is 0 Å². The van der Waals surface area contributed by atoms with E-state index in [1.54, 1.807) is 0 Å². The van der Waals surface area contributed by atoms with E-state index < -0.39 is 6.03 Å². The number of aliphatic hydroxyl groups excluding tert-OH is 1. The van der Waals surface area contributed by atoms with E-state index in [0.29, 0.717) is 5.70 Å². The van der Waals surface area contributed by atoms with E-state index in [9.17, 15) is 14.7 Å². The summed E-state index contributed by atoms with van der Waals surface area (Å²) in [6, 6.07) is -0.524. The van der Waals surface area contributed by atoms with Crippen molar-refractivity contribution in [1.82, 2.24) is 10.2 Å². The normalized spacial score (nSPS) is 16.8. The van der Waals surface area contributed by atoms with Crippen molar-refractivity contribution in [2.75, 3.05) is 6.54 Å². The van der Waals surface area contributed by atoms with Crippen LogP contribution in [0.4, 0.5) is 4.79 Å². The molecule has 0 aromatic heterocycles. The molecular formula is C11H18N2O3. The molecule has 0 aliphatic carbocycles. The van der Waals surface area contributed by atoms with Gasteiger partial charge >= 0.3 is 6.03 Å². The maximum atomic E-state index is 11.3. The van der Waals surface area contributed by atoms with E-state index in [-0.39, 0.29) is 24.6 Å². The molecule has 0 aromatic rings. The number of rotatable bonds is 2. The molecule has 0 bridgehead atoms. The average molecular weight is 226 g/mol. The summed E-state index contributed by atoms with van der Waals surface area (Å²) in [5.41, 5.74) is 0.329. The van der Waals surface area contributed by atoms with E-state index in [1.807, 2.05) is 13.8 Å². The Bertz CT molecular complexity index is 317. The van der Waals surface area contributed by atoms with Gasteiger partial charge in [-0.25, -0.2) is 4.79 Å². The second-order valence-electron chi connectivity index (χ2n) is 2.93. The largest absolute Gasteiger partial charge is 0.510 e. The first-order valence-corrected chi connectivity index (χ1v) is 5.20. The first-order chi connectivity index (χ1) is 7.56. The first-order valence-electron chi connectivity index (χ1n) is 5.20. The third-order valence-electron chi connectivity index (χ3n) is 1.91. The highest BCUT2D eigenvalue weighted by molar-refractivity contribution is 5.97. The quantitative estimate of drug-likeness (QED) is 0.558. The number of amides is 3. The summed E-state index contributed by atoms with van der Waals surface area (Å²) in [6.45, 7) is 9.21. The molecular weight excluding hydrogens is 208 g/mol. The van der Waals surface area contributed by atoms with Crippen molar-refractivity contribution in [2.45, 2.75) is 27.2 Å². The highest BCUT2D eigenvalue weighted by Crippen LogP contribution is 2.13. The fourth-order valence-corrected chi connectivity index (χ4v) is 1.25. The molecule has 0 unspecified atom stereocenters. The molecule has 1 heterocycles. The number of hydrogen-bond donors (Lipinski definition) is 2. The fourth-order valence-electron chi connectivity index (χ4n) is 1.25. The van der Waals surface area contributed by atoms with Gasteiger partial charge in [0.2, 0.25) is 5.91 Å². The molecule has 0 atom stereocenters. The van der Waals surface area contributed by atoms with Crippen molar-refractivity contribution in [3.63, 3.8) is 0 Å². The number of imide groups is 1. The molecule has 16 heavy (non-hydrogen) atoms. The standard InChI is InChI=1S/C9H12N2O3.C2H6/c1-3-7(6(2)12)11-5-4-8(13)10-9(11)14;1-2/h3,12H,1,4-5H2,2H3,(H,10,13,14);1-2H3/b7-6-;. The van der Waals surface area contributed by atoms with Crippen molar-refractivity contribution in [3.8, 4) is 0 Å². The number of carbonyl (C=O) groups is 2. The Kier molecular flexibility index (Phi) is 5.92. The summed E-state index contributed by atoms with van der Waals surface area (Å²) in [6.07, 6.45) is 1.61. The number of aliphatic hydroxyl groups is 1. The Morgan fingerprint density at radius 1 is 1.50 bits per heavy atom. The highest BCUT2D eigenvalue weighted by Gasteiger charge is 2.25. The minimum Gasteiger partial charge on any atom is -0.510 e. The third kappa shape index (κ3) is 3.42. The Labute approximate surface area is 95.4 Å². The lowest BCUT2D eigenvalue weighted by molar-refractivity contribution is -0.121. The van der Waals surface area contributed by atoms with Crippen LogP contribution in [-0.2, 0) is 4.79 Å². The van der Waals surface area contributed by atoms with Gasteiger partial charge in [-0.15, -0.1) is 0 Å². The SMILES string of the molecule is C=C/C(=C(\C)O)N1CCC(=O)NC1=O.CC. The van der Waals surface area contributed by atoms with E-state index >= 15 is 0 Å². The van der Waals surface area contributed by atoms with Crippen molar-refractivity contribution < 1.29 is 14.7 Å². The lowest BCUT2D eigenvalue weighted by Crippen LogP contribution is -2.48. The summed E-state index contributed by atoms with van der Waals surface area (Å²) in [5, 5.41) is 11.4. The van der Waals surface area contributed by atoms with Gasteiger partial charge in [0.15, 0.2) is 0 Å². The summed E-state index contributed by atoms with van der Waals surface area (Å²) in [4.78, 5) is 23.4. The smallest absolute Gasteiger partial charge is 0.328 e. The van der Waals surface area contributed by atoms with Crippen LogP contribution in [0.15, 0.2) is 24.1 Å². The highest BCUT2D eigenvalue weighted by atomic mass is 16.3. The Balaban J connectivity index is 0.00000106. The second-order valence-corrected chi connectivity index (χ2v) is 2.93. The zero-order valence-corrected chi connectivity index (χ0v) is 9.91. The Hall–Kier alpha value is -1.78. The molecule has 0 aromatic carbocycles. The number of allylic oxidation sites excluding steroid dienone is 2. The molecule has 1 aliphatic heterocycles. The zero-order valence-electron chi connectivity index (χ0n) is 9.91. The molecule has 1 rings (SSSR count). The summed E-state index contributed by atoms with van der Waals surface area (Å²) < 4.78 is 0. The van der Waals surface area contributed by atoms with Crippen LogP contribution in [0.1, 0.15) is 27.2 Å². The molecule has 5 nitrogen and oxygen atoms in total. The number of urea groups is 1. The first kappa shape index (κ1) is 14.2. The predicted molar refractivity (Wildman–Crippen MR) is 61.7 cm³/mol. The summed E-state index contributed by atoms with van der Waals surface area (Å²) in [5.74, 6) is -0.297.